The van der Waals surface area contributed by atoms with Crippen molar-refractivity contribution in [1.82, 2.24) is 9.47 Å². The van der Waals surface area contributed by atoms with Crippen molar-refractivity contribution in [2.75, 3.05) is 7.11 Å². The zero-order chi connectivity index (χ0) is 21.6. The van der Waals surface area contributed by atoms with Crippen LogP contribution in [-0.4, -0.2) is 22.5 Å². The lowest BCUT2D eigenvalue weighted by atomic mass is 10.1. The van der Waals surface area contributed by atoms with Crippen molar-refractivity contribution in [1.29, 1.82) is 0 Å². The van der Waals surface area contributed by atoms with Gasteiger partial charge in [0.15, 0.2) is 0 Å². The highest BCUT2D eigenvalue weighted by atomic mass is 35.5. The molecule has 156 valence electrons. The Bertz CT molecular complexity index is 1150. The molecule has 0 aliphatic carbocycles. The molecule has 0 aliphatic heterocycles. The Balaban J connectivity index is 1.69. The number of hydrogen-bond donors (Lipinski definition) is 0. The van der Waals surface area contributed by atoms with Gasteiger partial charge in [0, 0.05) is 30.5 Å². The van der Waals surface area contributed by atoms with Gasteiger partial charge in [0.2, 0.25) is 0 Å². The summed E-state index contributed by atoms with van der Waals surface area (Å²) in [6.07, 6.45) is 3.88. The number of methoxy groups -OCH3 is 1. The van der Waals surface area contributed by atoms with Gasteiger partial charge in [-0.05, 0) is 59.7 Å². The van der Waals surface area contributed by atoms with Crippen molar-refractivity contribution in [2.24, 2.45) is 0 Å². The van der Waals surface area contributed by atoms with Crippen molar-refractivity contribution in [3.05, 3.63) is 119 Å². The molecular formula is C26H23ClN2O2. The van der Waals surface area contributed by atoms with Gasteiger partial charge in [-0.1, -0.05) is 48.0 Å². The molecule has 4 aromatic rings. The number of carbonyl (C=O) groups is 1. The first-order chi connectivity index (χ1) is 15.1. The van der Waals surface area contributed by atoms with Crippen LogP contribution < -0.4 is 4.74 Å². The van der Waals surface area contributed by atoms with Crippen LogP contribution in [0.15, 0.2) is 97.3 Å². The van der Waals surface area contributed by atoms with Gasteiger partial charge in [-0.3, -0.25) is 4.79 Å². The molecule has 1 heterocycles. The molecule has 0 saturated carbocycles. The minimum absolute atomic E-state index is 0.0398. The van der Waals surface area contributed by atoms with Crippen LogP contribution >= 0.6 is 11.6 Å². The number of rotatable bonds is 7. The number of hydrogen-bond acceptors (Lipinski definition) is 2. The predicted molar refractivity (Wildman–Crippen MR) is 124 cm³/mol. The van der Waals surface area contributed by atoms with Gasteiger partial charge in [-0.15, -0.1) is 0 Å². The van der Waals surface area contributed by atoms with Gasteiger partial charge in [0.25, 0.3) is 5.91 Å². The highest BCUT2D eigenvalue weighted by Crippen LogP contribution is 2.22. The Morgan fingerprint density at radius 1 is 0.871 bits per heavy atom. The maximum Gasteiger partial charge on any atom is 0.256 e. The lowest BCUT2D eigenvalue weighted by Crippen LogP contribution is -2.31. The van der Waals surface area contributed by atoms with E-state index in [1.165, 1.54) is 0 Å². The Hall–Kier alpha value is -3.50. The Morgan fingerprint density at radius 3 is 2.32 bits per heavy atom. The molecule has 0 N–H and O–H groups in total. The molecule has 3 aromatic carbocycles. The molecule has 0 spiro atoms. The first-order valence-electron chi connectivity index (χ1n) is 10.0. The van der Waals surface area contributed by atoms with E-state index in [2.05, 4.69) is 0 Å². The maximum atomic E-state index is 13.7. The van der Waals surface area contributed by atoms with Crippen molar-refractivity contribution >= 4 is 17.5 Å². The lowest BCUT2D eigenvalue weighted by molar-refractivity contribution is 0.0730. The van der Waals surface area contributed by atoms with Gasteiger partial charge in [0.1, 0.15) is 5.75 Å². The molecule has 0 aliphatic rings. The highest BCUT2D eigenvalue weighted by molar-refractivity contribution is 6.30. The smallest absolute Gasteiger partial charge is 0.256 e. The number of aromatic nitrogens is 1. The monoisotopic (exact) mass is 430 g/mol. The van der Waals surface area contributed by atoms with Gasteiger partial charge in [0.05, 0.1) is 18.4 Å². The molecule has 0 bridgehead atoms. The van der Waals surface area contributed by atoms with E-state index < -0.39 is 0 Å². The maximum absolute atomic E-state index is 13.7. The fourth-order valence-electron chi connectivity index (χ4n) is 3.55. The molecule has 4 nitrogen and oxygen atoms in total. The summed E-state index contributed by atoms with van der Waals surface area (Å²) >= 11 is 6.05. The molecule has 0 fully saturated rings. The van der Waals surface area contributed by atoms with E-state index in [0.717, 1.165) is 22.6 Å². The van der Waals surface area contributed by atoms with Crippen molar-refractivity contribution in [3.8, 4) is 11.4 Å². The van der Waals surface area contributed by atoms with Crippen LogP contribution in [0.3, 0.4) is 0 Å². The fourth-order valence-corrected chi connectivity index (χ4v) is 3.67. The number of amides is 1. The average Bonchev–Trinajstić information content (AvgIpc) is 3.34. The standard InChI is InChI=1S/C26H23ClN2O2/c1-31-23-8-6-7-21(17-23)19-29(18-20-11-13-22(27)14-12-20)26(30)24-9-2-3-10-25(24)28-15-4-5-16-28/h2-17H,18-19H2,1H3. The summed E-state index contributed by atoms with van der Waals surface area (Å²) in [5, 5.41) is 0.673. The SMILES string of the molecule is COc1cccc(CN(Cc2ccc(Cl)cc2)C(=O)c2ccccc2-n2cccc2)c1. The lowest BCUT2D eigenvalue weighted by Gasteiger charge is -2.25. The van der Waals surface area contributed by atoms with Crippen molar-refractivity contribution in [2.45, 2.75) is 13.1 Å². The van der Waals surface area contributed by atoms with Crippen LogP contribution in [0.25, 0.3) is 5.69 Å². The summed E-state index contributed by atoms with van der Waals surface area (Å²) in [7, 11) is 1.64. The third-order valence-corrected chi connectivity index (χ3v) is 5.35. The van der Waals surface area contributed by atoms with E-state index in [0.29, 0.717) is 23.7 Å². The molecular weight excluding hydrogens is 408 g/mol. The molecule has 0 unspecified atom stereocenters. The van der Waals surface area contributed by atoms with Crippen LogP contribution in [0.2, 0.25) is 5.02 Å². The number of halogens is 1. The third kappa shape index (κ3) is 4.98. The van der Waals surface area contributed by atoms with E-state index in [9.17, 15) is 4.79 Å². The Labute approximate surface area is 187 Å². The second-order valence-corrected chi connectivity index (χ2v) is 7.68. The topological polar surface area (TPSA) is 34.5 Å². The van der Waals surface area contributed by atoms with E-state index >= 15 is 0 Å². The minimum atomic E-state index is -0.0398. The zero-order valence-corrected chi connectivity index (χ0v) is 18.0. The van der Waals surface area contributed by atoms with Crippen LogP contribution in [0.5, 0.6) is 5.75 Å². The summed E-state index contributed by atoms with van der Waals surface area (Å²) in [6.45, 7) is 0.923. The first-order valence-corrected chi connectivity index (χ1v) is 10.4. The van der Waals surface area contributed by atoms with Crippen molar-refractivity contribution in [3.63, 3.8) is 0 Å². The Kier molecular flexibility index (Phi) is 6.39. The second-order valence-electron chi connectivity index (χ2n) is 7.25. The van der Waals surface area contributed by atoms with E-state index in [1.807, 2.05) is 107 Å². The molecule has 0 radical (unpaired) electrons. The molecule has 5 heteroatoms. The summed E-state index contributed by atoms with van der Waals surface area (Å²) in [5.74, 6) is 0.728. The van der Waals surface area contributed by atoms with E-state index in [1.54, 1.807) is 7.11 Å². The Morgan fingerprint density at radius 2 is 1.58 bits per heavy atom. The van der Waals surface area contributed by atoms with Crippen LogP contribution in [-0.2, 0) is 13.1 Å². The largest absolute Gasteiger partial charge is 0.497 e. The quantitative estimate of drug-likeness (QED) is 0.361. The molecule has 4 rings (SSSR count). The number of para-hydroxylation sites is 1. The zero-order valence-electron chi connectivity index (χ0n) is 17.2. The van der Waals surface area contributed by atoms with Crippen LogP contribution in [0.4, 0.5) is 0 Å². The summed E-state index contributed by atoms with van der Waals surface area (Å²) in [4.78, 5) is 15.6. The van der Waals surface area contributed by atoms with Crippen LogP contribution in [0, 0.1) is 0 Å². The predicted octanol–water partition coefficient (Wildman–Crippen LogP) is 5.98. The number of carbonyl (C=O) groups excluding carboxylic acids is 1. The molecule has 0 saturated heterocycles. The fraction of sp³-hybridized carbons (Fsp3) is 0.115. The van der Waals surface area contributed by atoms with Crippen LogP contribution in [0.1, 0.15) is 21.5 Å². The average molecular weight is 431 g/mol. The van der Waals surface area contributed by atoms with Crippen molar-refractivity contribution < 1.29 is 9.53 Å². The van der Waals surface area contributed by atoms with E-state index in [4.69, 9.17) is 16.3 Å². The number of benzene rings is 3. The molecule has 31 heavy (non-hydrogen) atoms. The number of nitrogens with zero attached hydrogens (tertiary/aromatic N) is 2. The van der Waals surface area contributed by atoms with Gasteiger partial charge < -0.3 is 14.2 Å². The first kappa shape index (κ1) is 20.8. The summed E-state index contributed by atoms with van der Waals surface area (Å²) in [5.41, 5.74) is 3.51. The van der Waals surface area contributed by atoms with Gasteiger partial charge >= 0.3 is 0 Å². The van der Waals surface area contributed by atoms with Gasteiger partial charge in [-0.2, -0.15) is 0 Å². The minimum Gasteiger partial charge on any atom is -0.497 e. The third-order valence-electron chi connectivity index (χ3n) is 5.10. The second kappa shape index (κ2) is 9.54. The normalized spacial score (nSPS) is 10.6. The molecule has 1 aromatic heterocycles. The summed E-state index contributed by atoms with van der Waals surface area (Å²) in [6, 6.07) is 27.0. The molecule has 1 amide bonds. The summed E-state index contributed by atoms with van der Waals surface area (Å²) < 4.78 is 7.32. The molecule has 0 atom stereocenters. The highest BCUT2D eigenvalue weighted by Gasteiger charge is 2.20. The van der Waals surface area contributed by atoms with E-state index in [-0.39, 0.29) is 5.91 Å². The number of ether oxygens (including phenoxy) is 1. The van der Waals surface area contributed by atoms with Gasteiger partial charge in [-0.25, -0.2) is 0 Å².